The monoisotopic (exact) mass is 278 g/mol. The minimum Gasteiger partial charge on any atom is -0.285 e. The first-order valence-electron chi connectivity index (χ1n) is 7.50. The van der Waals surface area contributed by atoms with Crippen LogP contribution in [-0.2, 0) is 0 Å². The molecule has 2 aromatic heterocycles. The van der Waals surface area contributed by atoms with Crippen LogP contribution in [0.25, 0.3) is 11.3 Å². The minimum atomic E-state index is 0.904. The van der Waals surface area contributed by atoms with E-state index in [9.17, 15) is 0 Å². The van der Waals surface area contributed by atoms with Gasteiger partial charge in [-0.05, 0) is 31.9 Å². The van der Waals surface area contributed by atoms with Crippen molar-refractivity contribution in [2.45, 2.75) is 62.3 Å². The normalized spacial score (nSPS) is 8.25. The highest BCUT2D eigenvalue weighted by Gasteiger charge is 2.09. The molecule has 0 aliphatic rings. The molecule has 0 saturated carbocycles. The third kappa shape index (κ3) is 5.51. The van der Waals surface area contributed by atoms with Gasteiger partial charge in [0.2, 0.25) is 0 Å². The summed E-state index contributed by atoms with van der Waals surface area (Å²) in [6, 6.07) is 0. The van der Waals surface area contributed by atoms with Crippen LogP contribution in [-0.4, -0.2) is 20.4 Å². The Labute approximate surface area is 124 Å². The Morgan fingerprint density at radius 1 is 0.800 bits per heavy atom. The van der Waals surface area contributed by atoms with Crippen molar-refractivity contribution in [3.05, 3.63) is 29.2 Å². The van der Waals surface area contributed by atoms with Crippen LogP contribution in [0.4, 0.5) is 0 Å². The standard InChI is InChI=1S/C10H12N4.3C2H6/c1-6-7(2)10(14-13-8(6)3)9-4-11-12-5-9;3*1-2/h4-5H,1-3H3,(H,11,12);3*1-2H3. The maximum Gasteiger partial charge on any atom is 0.0993 e. The second-order valence-electron chi connectivity index (χ2n) is 3.37. The largest absolute Gasteiger partial charge is 0.285 e. The predicted octanol–water partition coefficient (Wildman–Crippen LogP) is 4.87. The molecular formula is C16H30N4. The number of aromatic amines is 1. The highest BCUT2D eigenvalue weighted by Crippen LogP contribution is 2.22. The van der Waals surface area contributed by atoms with E-state index >= 15 is 0 Å². The number of aromatic nitrogens is 4. The van der Waals surface area contributed by atoms with Gasteiger partial charge in [0.15, 0.2) is 0 Å². The van der Waals surface area contributed by atoms with Crippen LogP contribution in [0.5, 0.6) is 0 Å². The molecule has 0 bridgehead atoms. The first-order chi connectivity index (χ1) is 9.70. The number of hydrogen-bond acceptors (Lipinski definition) is 3. The van der Waals surface area contributed by atoms with E-state index in [4.69, 9.17) is 0 Å². The first-order valence-corrected chi connectivity index (χ1v) is 7.50. The van der Waals surface area contributed by atoms with E-state index in [1.807, 2.05) is 54.7 Å². The Kier molecular flexibility index (Phi) is 12.7. The maximum atomic E-state index is 4.17. The lowest BCUT2D eigenvalue weighted by molar-refractivity contribution is 0.952. The van der Waals surface area contributed by atoms with E-state index in [0.717, 1.165) is 17.0 Å². The molecule has 0 saturated heterocycles. The molecule has 0 aromatic carbocycles. The minimum absolute atomic E-state index is 0.904. The summed E-state index contributed by atoms with van der Waals surface area (Å²) in [5, 5.41) is 14.9. The van der Waals surface area contributed by atoms with Crippen LogP contribution in [0.15, 0.2) is 12.4 Å². The van der Waals surface area contributed by atoms with Gasteiger partial charge in [-0.1, -0.05) is 41.5 Å². The molecule has 0 fully saturated rings. The molecule has 0 aliphatic carbocycles. The van der Waals surface area contributed by atoms with E-state index in [-0.39, 0.29) is 0 Å². The van der Waals surface area contributed by atoms with E-state index in [2.05, 4.69) is 34.2 Å². The maximum absolute atomic E-state index is 4.17. The SMILES string of the molecule is CC.CC.CC.Cc1nnc(-c2cn[nH]c2)c(C)c1C. The third-order valence-electron chi connectivity index (χ3n) is 2.53. The van der Waals surface area contributed by atoms with E-state index < -0.39 is 0 Å². The van der Waals surface area contributed by atoms with Crippen molar-refractivity contribution in [3.8, 4) is 11.3 Å². The predicted molar refractivity (Wildman–Crippen MR) is 87.9 cm³/mol. The van der Waals surface area contributed by atoms with Crippen molar-refractivity contribution < 1.29 is 0 Å². The van der Waals surface area contributed by atoms with Gasteiger partial charge >= 0.3 is 0 Å². The topological polar surface area (TPSA) is 54.5 Å². The third-order valence-corrected chi connectivity index (χ3v) is 2.53. The number of nitrogens with zero attached hydrogens (tertiary/aromatic N) is 3. The molecule has 1 N–H and O–H groups in total. The van der Waals surface area contributed by atoms with Crippen LogP contribution in [0.2, 0.25) is 0 Å². The molecule has 2 heterocycles. The van der Waals surface area contributed by atoms with E-state index in [1.54, 1.807) is 6.20 Å². The van der Waals surface area contributed by atoms with Gasteiger partial charge in [0.1, 0.15) is 0 Å². The molecule has 2 rings (SSSR count). The van der Waals surface area contributed by atoms with Crippen LogP contribution in [0.1, 0.15) is 58.4 Å². The van der Waals surface area contributed by atoms with Crippen molar-refractivity contribution in [2.24, 2.45) is 0 Å². The van der Waals surface area contributed by atoms with Crippen molar-refractivity contribution in [1.82, 2.24) is 20.4 Å². The number of nitrogens with one attached hydrogen (secondary N) is 1. The molecule has 0 unspecified atom stereocenters. The fourth-order valence-corrected chi connectivity index (χ4v) is 1.38. The Bertz CT molecular complexity index is 448. The highest BCUT2D eigenvalue weighted by molar-refractivity contribution is 5.62. The molecule has 0 atom stereocenters. The van der Waals surface area contributed by atoms with Crippen molar-refractivity contribution >= 4 is 0 Å². The van der Waals surface area contributed by atoms with Gasteiger partial charge in [-0.2, -0.15) is 10.2 Å². The molecule has 0 amide bonds. The van der Waals surface area contributed by atoms with Crippen LogP contribution in [0, 0.1) is 20.8 Å². The molecule has 20 heavy (non-hydrogen) atoms. The molecule has 4 heteroatoms. The number of rotatable bonds is 1. The Hall–Kier alpha value is -1.71. The van der Waals surface area contributed by atoms with Crippen molar-refractivity contribution in [3.63, 3.8) is 0 Å². The fourth-order valence-electron chi connectivity index (χ4n) is 1.38. The highest BCUT2D eigenvalue weighted by atomic mass is 15.1. The summed E-state index contributed by atoms with van der Waals surface area (Å²) >= 11 is 0. The van der Waals surface area contributed by atoms with Gasteiger partial charge in [-0.25, -0.2) is 0 Å². The van der Waals surface area contributed by atoms with E-state index in [0.29, 0.717) is 0 Å². The van der Waals surface area contributed by atoms with Crippen LogP contribution in [0.3, 0.4) is 0 Å². The molecule has 4 nitrogen and oxygen atoms in total. The van der Waals surface area contributed by atoms with Crippen molar-refractivity contribution in [1.29, 1.82) is 0 Å². The first kappa shape index (κ1) is 20.6. The summed E-state index contributed by atoms with van der Waals surface area (Å²) in [5.74, 6) is 0. The lowest BCUT2D eigenvalue weighted by Gasteiger charge is -2.06. The Morgan fingerprint density at radius 3 is 1.80 bits per heavy atom. The quantitative estimate of drug-likeness (QED) is 0.809. The molecule has 0 spiro atoms. The number of aryl methyl sites for hydroxylation is 1. The molecule has 0 radical (unpaired) electrons. The summed E-state index contributed by atoms with van der Waals surface area (Å²) in [6.45, 7) is 18.1. The second-order valence-corrected chi connectivity index (χ2v) is 3.37. The average molecular weight is 278 g/mol. The molecular weight excluding hydrogens is 248 g/mol. The zero-order valence-corrected chi connectivity index (χ0v) is 14.5. The Morgan fingerprint density at radius 2 is 1.35 bits per heavy atom. The molecule has 0 aliphatic heterocycles. The van der Waals surface area contributed by atoms with E-state index in [1.165, 1.54) is 11.1 Å². The lowest BCUT2D eigenvalue weighted by atomic mass is 10.1. The zero-order chi connectivity index (χ0) is 16.1. The number of H-pyrrole nitrogens is 1. The van der Waals surface area contributed by atoms with Gasteiger partial charge in [-0.3, -0.25) is 5.10 Å². The van der Waals surface area contributed by atoms with Crippen molar-refractivity contribution in [2.75, 3.05) is 0 Å². The summed E-state index contributed by atoms with van der Waals surface area (Å²) in [6.07, 6.45) is 3.58. The molecule has 114 valence electrons. The van der Waals surface area contributed by atoms with Crippen LogP contribution < -0.4 is 0 Å². The number of hydrogen-bond donors (Lipinski definition) is 1. The Balaban J connectivity index is 0. The van der Waals surface area contributed by atoms with Gasteiger partial charge in [0.25, 0.3) is 0 Å². The summed E-state index contributed by atoms with van der Waals surface area (Å²) in [5.41, 5.74) is 5.23. The summed E-state index contributed by atoms with van der Waals surface area (Å²) < 4.78 is 0. The molecule has 2 aromatic rings. The van der Waals surface area contributed by atoms with Gasteiger partial charge in [0, 0.05) is 11.8 Å². The average Bonchev–Trinajstić information content (AvgIpc) is 3.05. The second kappa shape index (κ2) is 12.3. The van der Waals surface area contributed by atoms with Gasteiger partial charge < -0.3 is 0 Å². The van der Waals surface area contributed by atoms with Gasteiger partial charge in [0.05, 0.1) is 17.6 Å². The smallest absolute Gasteiger partial charge is 0.0993 e. The zero-order valence-electron chi connectivity index (χ0n) is 14.5. The van der Waals surface area contributed by atoms with Gasteiger partial charge in [-0.15, -0.1) is 5.10 Å². The fraction of sp³-hybridized carbons (Fsp3) is 0.562. The lowest BCUT2D eigenvalue weighted by Crippen LogP contribution is -1.98. The summed E-state index contributed by atoms with van der Waals surface area (Å²) in [7, 11) is 0. The summed E-state index contributed by atoms with van der Waals surface area (Å²) in [4.78, 5) is 0. The van der Waals surface area contributed by atoms with Crippen LogP contribution >= 0.6 is 0 Å².